The second kappa shape index (κ2) is 12.2. The average molecular weight is 476 g/mol. The van der Waals surface area contributed by atoms with Gasteiger partial charge in [-0.2, -0.15) is 0 Å². The summed E-state index contributed by atoms with van der Waals surface area (Å²) in [6.45, 7) is 3.21. The highest BCUT2D eigenvalue weighted by Crippen LogP contribution is 2.40. The second-order valence-corrected chi connectivity index (χ2v) is 7.64. The first kappa shape index (κ1) is 26.2. The third-order valence-electron chi connectivity index (χ3n) is 5.65. The van der Waals surface area contributed by atoms with Gasteiger partial charge in [-0.3, -0.25) is 9.69 Å². The summed E-state index contributed by atoms with van der Waals surface area (Å²) in [5, 5.41) is 14.6. The van der Waals surface area contributed by atoms with Crippen LogP contribution < -0.4 is 14.8 Å². The van der Waals surface area contributed by atoms with Crippen molar-refractivity contribution in [2.75, 3.05) is 33.9 Å². The number of hydrogen-bond acceptors (Lipinski definition) is 7. The van der Waals surface area contributed by atoms with Crippen LogP contribution >= 0.6 is 12.4 Å². The van der Waals surface area contributed by atoms with Crippen LogP contribution in [0.15, 0.2) is 59.1 Å². The molecule has 1 aliphatic heterocycles. The van der Waals surface area contributed by atoms with Crippen molar-refractivity contribution in [1.82, 2.24) is 10.2 Å². The van der Waals surface area contributed by atoms with Gasteiger partial charge in [0.2, 0.25) is 5.70 Å². The first-order valence-corrected chi connectivity index (χ1v) is 10.5. The number of methoxy groups -OCH3 is 2. The fraction of sp³-hybridized carbons (Fsp3) is 0.375. The number of fused-ring (bicyclic) bond motifs is 1. The number of aliphatic hydroxyl groups excluding tert-OH is 1. The van der Waals surface area contributed by atoms with E-state index in [0.29, 0.717) is 18.7 Å². The zero-order chi connectivity index (χ0) is 23.1. The summed E-state index contributed by atoms with van der Waals surface area (Å²) in [6.07, 6.45) is 1.55. The Morgan fingerprint density at radius 2 is 1.85 bits per heavy atom. The van der Waals surface area contributed by atoms with Crippen LogP contribution in [0.4, 0.5) is 0 Å². The van der Waals surface area contributed by atoms with E-state index in [1.807, 2.05) is 18.2 Å². The largest absolute Gasteiger partial charge is 0.510 e. The molecule has 2 N–H and O–H groups in total. The van der Waals surface area contributed by atoms with Crippen LogP contribution in [-0.2, 0) is 11.2 Å². The summed E-state index contributed by atoms with van der Waals surface area (Å²) in [5.41, 5.74) is 3.10. The number of aliphatic hydroxyl groups is 1. The maximum absolute atomic E-state index is 12.0. The molecule has 0 spiro atoms. The summed E-state index contributed by atoms with van der Waals surface area (Å²) in [7, 11) is 3.28. The van der Waals surface area contributed by atoms with Gasteiger partial charge in [0.1, 0.15) is 5.76 Å². The Morgan fingerprint density at radius 1 is 1.18 bits per heavy atom. The molecule has 0 radical (unpaired) electrons. The molecule has 0 aromatic heterocycles. The van der Waals surface area contributed by atoms with E-state index in [1.54, 1.807) is 14.2 Å². The quantitative estimate of drug-likeness (QED) is 0.245. The molecular weight excluding hydrogens is 446 g/mol. The lowest BCUT2D eigenvalue weighted by molar-refractivity contribution is -0.117. The van der Waals surface area contributed by atoms with Crippen LogP contribution in [0.5, 0.6) is 11.5 Å². The molecule has 1 amide bonds. The predicted molar refractivity (Wildman–Crippen MR) is 129 cm³/mol. The number of hydrogen-bond donors (Lipinski definition) is 2. The number of nitroso groups, excluding NO2 is 1. The summed E-state index contributed by atoms with van der Waals surface area (Å²) in [4.78, 5) is 25.1. The Hall–Kier alpha value is -3.10. The first-order valence-electron chi connectivity index (χ1n) is 10.5. The molecule has 0 saturated carbocycles. The van der Waals surface area contributed by atoms with E-state index in [-0.39, 0.29) is 18.4 Å². The van der Waals surface area contributed by atoms with Gasteiger partial charge in [-0.15, -0.1) is 17.3 Å². The normalized spacial score (nSPS) is 16.0. The number of carbonyl (C=O) groups is 1. The molecular formula is C24H30ClN3O5. The van der Waals surface area contributed by atoms with Gasteiger partial charge >= 0.3 is 0 Å². The highest BCUT2D eigenvalue weighted by atomic mass is 35.5. The molecule has 8 nitrogen and oxygen atoms in total. The first-order chi connectivity index (χ1) is 15.5. The van der Waals surface area contributed by atoms with Crippen molar-refractivity contribution in [2.24, 2.45) is 5.18 Å². The monoisotopic (exact) mass is 475 g/mol. The summed E-state index contributed by atoms with van der Waals surface area (Å²) < 4.78 is 11.0. The maximum Gasteiger partial charge on any atom is 0.277 e. The Morgan fingerprint density at radius 3 is 2.45 bits per heavy atom. The van der Waals surface area contributed by atoms with Gasteiger partial charge in [0.25, 0.3) is 5.91 Å². The topological polar surface area (TPSA) is 100 Å². The molecule has 9 heteroatoms. The molecule has 0 saturated heterocycles. The van der Waals surface area contributed by atoms with Crippen molar-refractivity contribution in [3.05, 3.63) is 75.5 Å². The Balaban J connectivity index is 0.00000385. The van der Waals surface area contributed by atoms with Crippen molar-refractivity contribution >= 4 is 18.3 Å². The van der Waals surface area contributed by atoms with Crippen LogP contribution in [-0.4, -0.2) is 49.8 Å². The minimum Gasteiger partial charge on any atom is -0.510 e. The molecule has 1 atom stereocenters. The van der Waals surface area contributed by atoms with E-state index in [9.17, 15) is 14.8 Å². The van der Waals surface area contributed by atoms with Crippen LogP contribution in [0.3, 0.4) is 0 Å². The average Bonchev–Trinajstić information content (AvgIpc) is 2.81. The van der Waals surface area contributed by atoms with Gasteiger partial charge in [0.15, 0.2) is 11.5 Å². The zero-order valence-electron chi connectivity index (χ0n) is 19.0. The minimum absolute atomic E-state index is 0. The Bertz CT molecular complexity index is 993. The van der Waals surface area contributed by atoms with Gasteiger partial charge < -0.3 is 19.9 Å². The number of halogens is 1. The molecule has 0 bridgehead atoms. The van der Waals surface area contributed by atoms with Crippen molar-refractivity contribution < 1.29 is 19.4 Å². The van der Waals surface area contributed by atoms with Gasteiger partial charge in [0, 0.05) is 19.6 Å². The smallest absolute Gasteiger partial charge is 0.277 e. The minimum atomic E-state index is -0.666. The highest BCUT2D eigenvalue weighted by molar-refractivity contribution is 5.93. The number of allylic oxidation sites excluding steroid dienone is 1. The van der Waals surface area contributed by atoms with E-state index < -0.39 is 17.4 Å². The number of nitrogens with one attached hydrogen (secondary N) is 1. The summed E-state index contributed by atoms with van der Waals surface area (Å²) >= 11 is 0. The molecule has 0 aliphatic carbocycles. The van der Waals surface area contributed by atoms with E-state index >= 15 is 0 Å². The molecule has 1 unspecified atom stereocenters. The summed E-state index contributed by atoms with van der Waals surface area (Å²) in [5.74, 6) is 0.362. The van der Waals surface area contributed by atoms with Crippen LogP contribution in [0.2, 0.25) is 0 Å². The lowest BCUT2D eigenvalue weighted by Gasteiger charge is -2.38. The summed E-state index contributed by atoms with van der Waals surface area (Å²) in [6, 6.07) is 14.4. The molecule has 1 heterocycles. The molecule has 2 aromatic carbocycles. The van der Waals surface area contributed by atoms with Crippen LogP contribution in [0.25, 0.3) is 0 Å². The van der Waals surface area contributed by atoms with Gasteiger partial charge in [-0.1, -0.05) is 30.3 Å². The van der Waals surface area contributed by atoms with E-state index in [1.165, 1.54) is 23.6 Å². The third-order valence-corrected chi connectivity index (χ3v) is 5.65. The second-order valence-electron chi connectivity index (χ2n) is 7.64. The Labute approximate surface area is 200 Å². The van der Waals surface area contributed by atoms with Crippen molar-refractivity contribution in [1.29, 1.82) is 0 Å². The van der Waals surface area contributed by atoms with Gasteiger partial charge in [-0.05, 0) is 53.8 Å². The van der Waals surface area contributed by atoms with Crippen LogP contribution in [0.1, 0.15) is 36.1 Å². The van der Waals surface area contributed by atoms with E-state index in [4.69, 9.17) is 9.47 Å². The number of carbonyl (C=O) groups excluding carboxylic acids is 1. The molecule has 3 rings (SSSR count). The molecule has 0 fully saturated rings. The molecule has 1 aliphatic rings. The zero-order valence-corrected chi connectivity index (χ0v) is 19.9. The number of nitrogens with zero attached hydrogens (tertiary/aromatic N) is 2. The fourth-order valence-electron chi connectivity index (χ4n) is 4.10. The molecule has 178 valence electrons. The lowest BCUT2D eigenvalue weighted by atomic mass is 9.87. The molecule has 2 aromatic rings. The van der Waals surface area contributed by atoms with Gasteiger partial charge in [0.05, 0.1) is 20.3 Å². The fourth-order valence-corrected chi connectivity index (χ4v) is 4.10. The number of ether oxygens (including phenoxy) is 2. The number of rotatable bonds is 9. The Kier molecular flexibility index (Phi) is 9.69. The van der Waals surface area contributed by atoms with Crippen molar-refractivity contribution in [2.45, 2.75) is 25.8 Å². The van der Waals surface area contributed by atoms with Crippen molar-refractivity contribution in [3.63, 3.8) is 0 Å². The highest BCUT2D eigenvalue weighted by Gasteiger charge is 2.30. The maximum atomic E-state index is 12.0. The predicted octanol–water partition coefficient (Wildman–Crippen LogP) is 4.14. The van der Waals surface area contributed by atoms with Gasteiger partial charge in [-0.25, -0.2) is 0 Å². The SMILES string of the molecule is COc1cc2c(cc1OC)C(c1ccccc1)N(CCCNC(=O)C(N=O)=C(C)O)CC2.Cl. The number of benzene rings is 2. The lowest BCUT2D eigenvalue weighted by Crippen LogP contribution is -2.38. The van der Waals surface area contributed by atoms with E-state index in [0.717, 1.165) is 25.3 Å². The van der Waals surface area contributed by atoms with Crippen LogP contribution in [0, 0.1) is 4.91 Å². The standard InChI is InChI=1S/C24H29N3O5.ClH/c1-16(28)22(26-30)24(29)25-11-7-12-27-13-10-18-14-20(31-2)21(32-3)15-19(18)23(27)17-8-5-4-6-9-17;/h4-6,8-9,14-15,23,28H,7,10-13H2,1-3H3,(H,25,29);1H. The van der Waals surface area contributed by atoms with E-state index in [2.05, 4.69) is 39.7 Å². The number of amides is 1. The third kappa shape index (κ3) is 6.03. The van der Waals surface area contributed by atoms with Crippen molar-refractivity contribution in [3.8, 4) is 11.5 Å². The molecule has 33 heavy (non-hydrogen) atoms.